The molecule has 0 aromatic heterocycles. The van der Waals surface area contributed by atoms with Crippen LogP contribution in [0.4, 0.5) is 16.2 Å². The van der Waals surface area contributed by atoms with Crippen molar-refractivity contribution in [3.05, 3.63) is 59.1 Å². The van der Waals surface area contributed by atoms with Crippen molar-refractivity contribution in [1.82, 2.24) is 4.90 Å². The molecule has 2 aliphatic rings. The van der Waals surface area contributed by atoms with Gasteiger partial charge < -0.3 is 16.4 Å². The average Bonchev–Trinajstić information content (AvgIpc) is 3.09. The Morgan fingerprint density at radius 3 is 2.50 bits per heavy atom. The first-order chi connectivity index (χ1) is 13.5. The van der Waals surface area contributed by atoms with Crippen molar-refractivity contribution in [3.8, 4) is 0 Å². The van der Waals surface area contributed by atoms with Crippen molar-refractivity contribution in [1.29, 1.82) is 0 Å². The number of rotatable bonds is 4. The Morgan fingerprint density at radius 2 is 1.82 bits per heavy atom. The van der Waals surface area contributed by atoms with Gasteiger partial charge in [0.15, 0.2) is 0 Å². The van der Waals surface area contributed by atoms with Gasteiger partial charge in [-0.25, -0.2) is 4.79 Å². The van der Waals surface area contributed by atoms with Gasteiger partial charge in [-0.1, -0.05) is 29.8 Å². The van der Waals surface area contributed by atoms with Gasteiger partial charge in [0, 0.05) is 47.5 Å². The summed E-state index contributed by atoms with van der Waals surface area (Å²) in [5.74, 6) is 0. The fourth-order valence-corrected chi connectivity index (χ4v) is 4.91. The molecule has 28 heavy (non-hydrogen) atoms. The molecule has 148 valence electrons. The van der Waals surface area contributed by atoms with Crippen molar-refractivity contribution < 1.29 is 4.79 Å². The van der Waals surface area contributed by atoms with E-state index in [1.165, 1.54) is 5.56 Å². The van der Waals surface area contributed by atoms with Crippen LogP contribution < -0.4 is 16.4 Å². The van der Waals surface area contributed by atoms with Crippen LogP contribution in [-0.2, 0) is 5.41 Å². The van der Waals surface area contributed by atoms with Crippen LogP contribution >= 0.6 is 11.6 Å². The van der Waals surface area contributed by atoms with Gasteiger partial charge in [-0.05, 0) is 61.6 Å². The minimum absolute atomic E-state index is 0.0439. The van der Waals surface area contributed by atoms with E-state index >= 15 is 0 Å². The van der Waals surface area contributed by atoms with Crippen molar-refractivity contribution in [3.63, 3.8) is 0 Å². The highest BCUT2D eigenvalue weighted by Crippen LogP contribution is 2.41. The monoisotopic (exact) mass is 398 g/mol. The number of anilines is 2. The van der Waals surface area contributed by atoms with E-state index < -0.39 is 0 Å². The quantitative estimate of drug-likeness (QED) is 0.764. The molecule has 1 saturated carbocycles. The lowest BCUT2D eigenvalue weighted by molar-refractivity contribution is 0.156. The molecule has 0 spiro atoms. The van der Waals surface area contributed by atoms with Crippen molar-refractivity contribution in [2.24, 2.45) is 5.73 Å². The van der Waals surface area contributed by atoms with Crippen LogP contribution in [0.25, 0.3) is 0 Å². The SMILES string of the molecule is NCC1(c2cccc(Cl)c2)CCC(N2CCN(c3cccc(N)c3)C2=O)CC1. The number of hydrogen-bond donors (Lipinski definition) is 2. The molecule has 0 atom stereocenters. The highest BCUT2D eigenvalue weighted by Gasteiger charge is 2.41. The molecule has 2 amide bonds. The first kappa shape index (κ1) is 19.1. The Hall–Kier alpha value is -2.24. The van der Waals surface area contributed by atoms with Crippen LogP contribution in [-0.4, -0.2) is 36.6 Å². The second-order valence-corrected chi connectivity index (χ2v) is 8.39. The molecule has 0 radical (unpaired) electrons. The zero-order chi connectivity index (χ0) is 19.7. The number of hydrogen-bond acceptors (Lipinski definition) is 3. The Kier molecular flexibility index (Phi) is 5.21. The predicted octanol–water partition coefficient (Wildman–Crippen LogP) is 4.00. The first-order valence-electron chi connectivity index (χ1n) is 9.92. The van der Waals surface area contributed by atoms with Gasteiger partial charge in [0.2, 0.25) is 0 Å². The second kappa shape index (κ2) is 7.64. The first-order valence-corrected chi connectivity index (χ1v) is 10.3. The maximum atomic E-state index is 13.0. The molecular formula is C22H27ClN4O. The third-order valence-electron chi connectivity index (χ3n) is 6.40. The van der Waals surface area contributed by atoms with E-state index in [9.17, 15) is 4.79 Å². The maximum absolute atomic E-state index is 13.0. The summed E-state index contributed by atoms with van der Waals surface area (Å²) in [6.45, 7) is 2.06. The fraction of sp³-hybridized carbons (Fsp3) is 0.409. The topological polar surface area (TPSA) is 75.6 Å². The zero-order valence-electron chi connectivity index (χ0n) is 16.0. The van der Waals surface area contributed by atoms with E-state index in [0.717, 1.165) is 42.9 Å². The molecule has 1 aliphatic carbocycles. The Balaban J connectivity index is 1.46. The van der Waals surface area contributed by atoms with Crippen LogP contribution in [0.5, 0.6) is 0 Å². The summed E-state index contributed by atoms with van der Waals surface area (Å²) >= 11 is 6.21. The summed E-state index contributed by atoms with van der Waals surface area (Å²) < 4.78 is 0. The molecule has 1 aliphatic heterocycles. The molecule has 0 unspecified atom stereocenters. The van der Waals surface area contributed by atoms with Crippen LogP contribution in [0.15, 0.2) is 48.5 Å². The van der Waals surface area contributed by atoms with E-state index in [0.29, 0.717) is 18.8 Å². The number of halogens is 1. The number of urea groups is 1. The lowest BCUT2D eigenvalue weighted by Gasteiger charge is -2.42. The van der Waals surface area contributed by atoms with Gasteiger partial charge in [-0.15, -0.1) is 0 Å². The van der Waals surface area contributed by atoms with E-state index in [1.807, 2.05) is 52.3 Å². The molecule has 2 fully saturated rings. The minimum atomic E-state index is -0.0439. The van der Waals surface area contributed by atoms with E-state index in [-0.39, 0.29) is 17.5 Å². The van der Waals surface area contributed by atoms with E-state index in [2.05, 4.69) is 6.07 Å². The molecule has 2 aromatic carbocycles. The van der Waals surface area contributed by atoms with Crippen LogP contribution in [0.2, 0.25) is 5.02 Å². The minimum Gasteiger partial charge on any atom is -0.399 e. The number of carbonyl (C=O) groups excluding carboxylic acids is 1. The number of carbonyl (C=O) groups is 1. The van der Waals surface area contributed by atoms with Gasteiger partial charge >= 0.3 is 6.03 Å². The molecule has 0 bridgehead atoms. The van der Waals surface area contributed by atoms with Gasteiger partial charge in [0.1, 0.15) is 0 Å². The van der Waals surface area contributed by atoms with Crippen LogP contribution in [0.3, 0.4) is 0 Å². The predicted molar refractivity (Wildman–Crippen MR) is 115 cm³/mol. The smallest absolute Gasteiger partial charge is 0.324 e. The molecular weight excluding hydrogens is 372 g/mol. The van der Waals surface area contributed by atoms with Crippen molar-refractivity contribution in [2.75, 3.05) is 30.3 Å². The van der Waals surface area contributed by atoms with Crippen LogP contribution in [0, 0.1) is 0 Å². The summed E-state index contributed by atoms with van der Waals surface area (Å²) in [4.78, 5) is 16.9. The van der Waals surface area contributed by atoms with Gasteiger partial charge in [-0.2, -0.15) is 0 Å². The van der Waals surface area contributed by atoms with Gasteiger partial charge in [0.05, 0.1) is 0 Å². The highest BCUT2D eigenvalue weighted by molar-refractivity contribution is 6.30. The van der Waals surface area contributed by atoms with Gasteiger partial charge in [-0.3, -0.25) is 4.90 Å². The molecule has 4 N–H and O–H groups in total. The summed E-state index contributed by atoms with van der Waals surface area (Å²) in [5.41, 5.74) is 14.8. The van der Waals surface area contributed by atoms with Crippen molar-refractivity contribution >= 4 is 29.0 Å². The Morgan fingerprint density at radius 1 is 1.07 bits per heavy atom. The number of nitrogens with two attached hydrogens (primary N) is 2. The third-order valence-corrected chi connectivity index (χ3v) is 6.64. The molecule has 4 rings (SSSR count). The summed E-state index contributed by atoms with van der Waals surface area (Å²) in [5, 5.41) is 0.750. The number of nitrogens with zero attached hydrogens (tertiary/aromatic N) is 2. The molecule has 5 nitrogen and oxygen atoms in total. The second-order valence-electron chi connectivity index (χ2n) is 7.95. The largest absolute Gasteiger partial charge is 0.399 e. The summed E-state index contributed by atoms with van der Waals surface area (Å²) in [7, 11) is 0. The maximum Gasteiger partial charge on any atom is 0.324 e. The van der Waals surface area contributed by atoms with Crippen molar-refractivity contribution in [2.45, 2.75) is 37.1 Å². The summed E-state index contributed by atoms with van der Waals surface area (Å²) in [6, 6.07) is 15.9. The van der Waals surface area contributed by atoms with Gasteiger partial charge in [0.25, 0.3) is 0 Å². The number of nitrogen functional groups attached to an aromatic ring is 1. The van der Waals surface area contributed by atoms with E-state index in [1.54, 1.807) is 0 Å². The molecule has 2 aromatic rings. The van der Waals surface area contributed by atoms with E-state index in [4.69, 9.17) is 23.1 Å². The standard InChI is InChI=1S/C22H27ClN4O/c23-17-4-1-3-16(13-17)22(15-24)9-7-19(8-10-22)26-11-12-27(21(26)28)20-6-2-5-18(25)14-20/h1-6,13-14,19H,7-12,15,24-25H2. The lowest BCUT2D eigenvalue weighted by atomic mass is 9.68. The normalized spacial score (nSPS) is 25.4. The van der Waals surface area contributed by atoms with Crippen LogP contribution in [0.1, 0.15) is 31.2 Å². The Bertz CT molecular complexity index is 863. The Labute approximate surface area is 171 Å². The number of benzene rings is 2. The fourth-order valence-electron chi connectivity index (χ4n) is 4.72. The summed E-state index contributed by atoms with van der Waals surface area (Å²) in [6.07, 6.45) is 3.85. The molecule has 6 heteroatoms. The molecule has 1 saturated heterocycles. The number of amides is 2. The third kappa shape index (κ3) is 3.45. The zero-order valence-corrected chi connectivity index (χ0v) is 16.7. The molecule has 1 heterocycles. The lowest BCUT2D eigenvalue weighted by Crippen LogP contribution is -2.46. The average molecular weight is 399 g/mol. The highest BCUT2D eigenvalue weighted by atomic mass is 35.5.